The number of amides is 3. The minimum Gasteiger partial charge on any atom is -0.508 e. The Hall–Kier alpha value is -4.53. The minimum atomic E-state index is -1.08. The summed E-state index contributed by atoms with van der Waals surface area (Å²) >= 11 is 0. The summed E-state index contributed by atoms with van der Waals surface area (Å²) in [6, 6.07) is 17.9. The van der Waals surface area contributed by atoms with E-state index in [-0.39, 0.29) is 24.5 Å². The maximum atomic E-state index is 14.6. The molecule has 3 aromatic rings. The summed E-state index contributed by atoms with van der Waals surface area (Å²) in [6.45, 7) is 9.45. The second-order valence-corrected chi connectivity index (χ2v) is 12.0. The van der Waals surface area contributed by atoms with Crippen LogP contribution in [0.2, 0.25) is 0 Å². The predicted molar refractivity (Wildman–Crippen MR) is 171 cm³/mol. The lowest BCUT2D eigenvalue weighted by atomic mass is 9.99. The molecule has 0 radical (unpaired) electrons. The Kier molecular flexibility index (Phi) is 12.2. The van der Waals surface area contributed by atoms with Crippen molar-refractivity contribution in [3.63, 3.8) is 0 Å². The van der Waals surface area contributed by atoms with Crippen LogP contribution < -0.4 is 10.6 Å². The highest BCUT2D eigenvalue weighted by Crippen LogP contribution is 2.28. The standard InChI is InChI=1S/C35H45N3O6/c1-6-7-8-11-22-38(31(26-16-20-28(40)21-17-26)32(41)36-29-13-10-9-12-24(29)2)33(42)30(37-34(43)44-35(3,4)5)23-25-14-18-27(39)19-15-25/h9-10,12-21,30-31,39-40H,6-8,11,22-23H2,1-5H3,(H,36,41)(H,37,43). The molecule has 9 heteroatoms. The van der Waals surface area contributed by atoms with Crippen molar-refractivity contribution < 1.29 is 29.3 Å². The van der Waals surface area contributed by atoms with Gasteiger partial charge in [0, 0.05) is 18.7 Å². The van der Waals surface area contributed by atoms with Gasteiger partial charge in [-0.15, -0.1) is 0 Å². The number of unbranched alkanes of at least 4 members (excludes halogenated alkanes) is 3. The van der Waals surface area contributed by atoms with Crippen molar-refractivity contribution in [1.29, 1.82) is 0 Å². The van der Waals surface area contributed by atoms with E-state index in [9.17, 15) is 24.6 Å². The lowest BCUT2D eigenvalue weighted by molar-refractivity contribution is -0.140. The number of hydrogen-bond acceptors (Lipinski definition) is 6. The summed E-state index contributed by atoms with van der Waals surface area (Å²) in [5.41, 5.74) is 1.90. The number of para-hydroxylation sites is 1. The molecular weight excluding hydrogens is 558 g/mol. The zero-order valence-electron chi connectivity index (χ0n) is 26.3. The van der Waals surface area contributed by atoms with Crippen LogP contribution in [0.5, 0.6) is 11.5 Å². The molecule has 0 spiro atoms. The van der Waals surface area contributed by atoms with E-state index < -0.39 is 35.6 Å². The zero-order chi connectivity index (χ0) is 32.3. The SMILES string of the molecule is CCCCCCN(C(=O)C(Cc1ccc(O)cc1)NC(=O)OC(C)(C)C)C(C(=O)Nc1ccccc1C)c1ccc(O)cc1. The molecule has 0 aliphatic rings. The third-order valence-corrected chi connectivity index (χ3v) is 7.07. The highest BCUT2D eigenvalue weighted by Gasteiger charge is 2.36. The smallest absolute Gasteiger partial charge is 0.408 e. The molecule has 0 saturated heterocycles. The molecule has 9 nitrogen and oxygen atoms in total. The van der Waals surface area contributed by atoms with Crippen molar-refractivity contribution in [3.05, 3.63) is 89.5 Å². The van der Waals surface area contributed by atoms with E-state index >= 15 is 0 Å². The maximum Gasteiger partial charge on any atom is 0.408 e. The Balaban J connectivity index is 2.07. The minimum absolute atomic E-state index is 0.0319. The molecule has 2 atom stereocenters. The van der Waals surface area contributed by atoms with E-state index in [0.717, 1.165) is 24.8 Å². The van der Waals surface area contributed by atoms with Crippen molar-refractivity contribution >= 4 is 23.6 Å². The number of nitrogens with zero attached hydrogens (tertiary/aromatic N) is 1. The van der Waals surface area contributed by atoms with Crippen LogP contribution in [-0.2, 0) is 20.7 Å². The first-order valence-corrected chi connectivity index (χ1v) is 15.1. The molecule has 2 unspecified atom stereocenters. The molecule has 44 heavy (non-hydrogen) atoms. The van der Waals surface area contributed by atoms with E-state index in [0.29, 0.717) is 23.2 Å². The monoisotopic (exact) mass is 603 g/mol. The van der Waals surface area contributed by atoms with E-state index in [1.165, 1.54) is 29.2 Å². The maximum absolute atomic E-state index is 14.6. The lowest BCUT2D eigenvalue weighted by Crippen LogP contribution is -2.53. The Morgan fingerprint density at radius 3 is 2.07 bits per heavy atom. The van der Waals surface area contributed by atoms with Crippen LogP contribution in [0.3, 0.4) is 0 Å². The molecule has 3 aromatic carbocycles. The van der Waals surface area contributed by atoms with Crippen molar-refractivity contribution in [3.8, 4) is 11.5 Å². The van der Waals surface area contributed by atoms with Gasteiger partial charge in [-0.05, 0) is 81.1 Å². The summed E-state index contributed by atoms with van der Waals surface area (Å²) in [7, 11) is 0. The summed E-state index contributed by atoms with van der Waals surface area (Å²) in [6.07, 6.45) is 2.80. The first-order chi connectivity index (χ1) is 20.9. The number of aryl methyl sites for hydroxylation is 1. The van der Waals surface area contributed by atoms with Gasteiger partial charge < -0.3 is 30.5 Å². The van der Waals surface area contributed by atoms with E-state index in [1.54, 1.807) is 51.1 Å². The fourth-order valence-electron chi connectivity index (χ4n) is 4.84. The second kappa shape index (κ2) is 15.8. The molecule has 0 aromatic heterocycles. The lowest BCUT2D eigenvalue weighted by Gasteiger charge is -2.35. The van der Waals surface area contributed by atoms with Gasteiger partial charge in [0.15, 0.2) is 0 Å². The quantitative estimate of drug-likeness (QED) is 0.162. The van der Waals surface area contributed by atoms with Crippen LogP contribution in [0.1, 0.15) is 76.1 Å². The molecule has 236 valence electrons. The van der Waals surface area contributed by atoms with Gasteiger partial charge in [0.05, 0.1) is 0 Å². The largest absolute Gasteiger partial charge is 0.508 e. The fraction of sp³-hybridized carbons (Fsp3) is 0.400. The molecular formula is C35H45N3O6. The first kappa shape index (κ1) is 34.0. The molecule has 0 aliphatic heterocycles. The number of carbonyl (C=O) groups excluding carboxylic acids is 3. The van der Waals surface area contributed by atoms with Crippen LogP contribution in [-0.4, -0.2) is 51.2 Å². The summed E-state index contributed by atoms with van der Waals surface area (Å²) in [4.78, 5) is 43.2. The number of nitrogens with one attached hydrogen (secondary N) is 2. The number of phenolic OH excluding ortho intramolecular Hbond substituents is 2. The Morgan fingerprint density at radius 1 is 0.864 bits per heavy atom. The highest BCUT2D eigenvalue weighted by molar-refractivity contribution is 5.99. The third-order valence-electron chi connectivity index (χ3n) is 7.07. The Bertz CT molecular complexity index is 1380. The van der Waals surface area contributed by atoms with Crippen molar-refractivity contribution in [2.45, 2.75) is 84.4 Å². The summed E-state index contributed by atoms with van der Waals surface area (Å²) in [5, 5.41) is 25.5. The predicted octanol–water partition coefficient (Wildman–Crippen LogP) is 6.63. The third kappa shape index (κ3) is 10.3. The van der Waals surface area contributed by atoms with Gasteiger partial charge in [0.1, 0.15) is 29.2 Å². The molecule has 0 bridgehead atoms. The average molecular weight is 604 g/mol. The van der Waals surface area contributed by atoms with Gasteiger partial charge in [0.25, 0.3) is 5.91 Å². The molecule has 3 rings (SSSR count). The van der Waals surface area contributed by atoms with Gasteiger partial charge in [0.2, 0.25) is 5.91 Å². The summed E-state index contributed by atoms with van der Waals surface area (Å²) in [5.74, 6) is -0.771. The van der Waals surface area contributed by atoms with Crippen molar-refractivity contribution in [2.24, 2.45) is 0 Å². The summed E-state index contributed by atoms with van der Waals surface area (Å²) < 4.78 is 5.50. The van der Waals surface area contributed by atoms with Crippen LogP contribution in [0, 0.1) is 6.92 Å². The van der Waals surface area contributed by atoms with Gasteiger partial charge in [-0.25, -0.2) is 4.79 Å². The normalized spacial score (nSPS) is 12.6. The number of aromatic hydroxyl groups is 2. The number of ether oxygens (including phenoxy) is 1. The number of alkyl carbamates (subject to hydrolysis) is 1. The van der Waals surface area contributed by atoms with Crippen molar-refractivity contribution in [2.75, 3.05) is 11.9 Å². The van der Waals surface area contributed by atoms with Gasteiger partial charge in [-0.2, -0.15) is 0 Å². The fourth-order valence-corrected chi connectivity index (χ4v) is 4.84. The molecule has 3 amide bonds. The van der Waals surface area contributed by atoms with Crippen LogP contribution in [0.4, 0.5) is 10.5 Å². The number of carbonyl (C=O) groups is 3. The van der Waals surface area contributed by atoms with E-state index in [2.05, 4.69) is 17.6 Å². The highest BCUT2D eigenvalue weighted by atomic mass is 16.6. The van der Waals surface area contributed by atoms with Gasteiger partial charge in [-0.3, -0.25) is 9.59 Å². The Morgan fingerprint density at radius 2 is 1.48 bits per heavy atom. The Labute approximate surface area is 260 Å². The number of phenols is 2. The van der Waals surface area contributed by atoms with E-state index in [4.69, 9.17) is 4.74 Å². The van der Waals surface area contributed by atoms with E-state index in [1.807, 2.05) is 25.1 Å². The van der Waals surface area contributed by atoms with Crippen LogP contribution in [0.25, 0.3) is 0 Å². The first-order valence-electron chi connectivity index (χ1n) is 15.1. The number of rotatable bonds is 13. The number of benzene rings is 3. The molecule has 0 saturated carbocycles. The molecule has 4 N–H and O–H groups in total. The average Bonchev–Trinajstić information content (AvgIpc) is 2.96. The van der Waals surface area contributed by atoms with Crippen LogP contribution in [0.15, 0.2) is 72.8 Å². The second-order valence-electron chi connectivity index (χ2n) is 12.0. The number of hydrogen-bond donors (Lipinski definition) is 4. The van der Waals surface area contributed by atoms with Gasteiger partial charge >= 0.3 is 6.09 Å². The van der Waals surface area contributed by atoms with Crippen LogP contribution >= 0.6 is 0 Å². The van der Waals surface area contributed by atoms with Gasteiger partial charge in [-0.1, -0.05) is 68.7 Å². The zero-order valence-corrected chi connectivity index (χ0v) is 26.3. The number of anilines is 1. The van der Waals surface area contributed by atoms with Crippen molar-refractivity contribution in [1.82, 2.24) is 10.2 Å². The molecule has 0 fully saturated rings. The molecule has 0 heterocycles. The topological polar surface area (TPSA) is 128 Å². The molecule has 0 aliphatic carbocycles.